The molecule has 0 bridgehead atoms. The number of carbonyl (C=O) groups is 1. The highest BCUT2D eigenvalue weighted by Crippen LogP contribution is 2.45. The highest BCUT2D eigenvalue weighted by molar-refractivity contribution is 7.89. The van der Waals surface area contributed by atoms with Gasteiger partial charge in [-0.2, -0.15) is 22.5 Å². The Morgan fingerprint density at radius 2 is 1.78 bits per heavy atom. The lowest BCUT2D eigenvalue weighted by Gasteiger charge is -2.38. The van der Waals surface area contributed by atoms with E-state index in [0.717, 1.165) is 9.96 Å². The van der Waals surface area contributed by atoms with Crippen LogP contribution in [0.3, 0.4) is 0 Å². The van der Waals surface area contributed by atoms with Crippen molar-refractivity contribution in [3.05, 3.63) is 75.7 Å². The number of anilines is 1. The Hall–Kier alpha value is -4.32. The van der Waals surface area contributed by atoms with Gasteiger partial charge >= 0.3 is 12.1 Å². The van der Waals surface area contributed by atoms with E-state index in [2.05, 4.69) is 20.5 Å². The number of aryl methyl sites for hydroxylation is 3. The third kappa shape index (κ3) is 7.25. The average Bonchev–Trinajstić information content (AvgIpc) is 3.52. The van der Waals surface area contributed by atoms with Crippen molar-refractivity contribution in [2.24, 2.45) is 5.41 Å². The fourth-order valence-electron chi connectivity index (χ4n) is 7.35. The molecule has 1 spiro atoms. The molecule has 3 N–H and O–H groups in total. The molecule has 2 atom stereocenters. The lowest BCUT2D eigenvalue weighted by Crippen LogP contribution is -2.50. The minimum atomic E-state index is -4.76. The van der Waals surface area contributed by atoms with Crippen molar-refractivity contribution in [2.45, 2.75) is 96.0 Å². The normalized spacial score (nSPS) is 18.5. The average molecular weight is 775 g/mol. The molecule has 1 aromatic carbocycles. The van der Waals surface area contributed by atoms with Crippen LogP contribution in [-0.4, -0.2) is 86.5 Å². The number of carboxylic acids is 1. The van der Waals surface area contributed by atoms with E-state index in [9.17, 15) is 36.6 Å². The van der Waals surface area contributed by atoms with Crippen molar-refractivity contribution < 1.29 is 46.1 Å². The summed E-state index contributed by atoms with van der Waals surface area (Å²) in [7, 11) is -4.22. The highest BCUT2D eigenvalue weighted by Gasteiger charge is 2.47. The van der Waals surface area contributed by atoms with Crippen molar-refractivity contribution in [1.29, 1.82) is 0 Å². The first kappa shape index (κ1) is 39.4. The van der Waals surface area contributed by atoms with Crippen molar-refractivity contribution in [1.82, 2.24) is 23.9 Å². The number of pyridine rings is 2. The molecule has 4 aromatic rings. The zero-order valence-electron chi connectivity index (χ0n) is 31.0. The number of hydrogen-bond donors (Lipinski definition) is 3. The Balaban J connectivity index is 1.45. The molecule has 17 heteroatoms. The second-order valence-electron chi connectivity index (χ2n) is 14.9. The predicted molar refractivity (Wildman–Crippen MR) is 192 cm³/mol. The maximum Gasteiger partial charge on any atom is 0.452 e. The Morgan fingerprint density at radius 3 is 2.43 bits per heavy atom. The molecule has 0 radical (unpaired) electrons. The van der Waals surface area contributed by atoms with Crippen molar-refractivity contribution in [3.63, 3.8) is 0 Å². The van der Waals surface area contributed by atoms with Crippen LogP contribution in [-0.2, 0) is 32.3 Å². The van der Waals surface area contributed by atoms with Gasteiger partial charge in [-0.15, -0.1) is 10.2 Å². The molecule has 54 heavy (non-hydrogen) atoms. The van der Waals surface area contributed by atoms with Crippen LogP contribution in [0.4, 0.5) is 19.0 Å². The van der Waals surface area contributed by atoms with Crippen LogP contribution in [0.15, 0.2) is 41.4 Å². The molecule has 3 aromatic heterocycles. The number of nitrogens with one attached hydrogen (secondary N) is 1. The van der Waals surface area contributed by atoms with Crippen LogP contribution in [0.5, 0.6) is 5.88 Å². The van der Waals surface area contributed by atoms with Gasteiger partial charge in [0.2, 0.25) is 21.7 Å². The summed E-state index contributed by atoms with van der Waals surface area (Å²) < 4.78 is 84.8. The van der Waals surface area contributed by atoms with Gasteiger partial charge in [-0.1, -0.05) is 18.2 Å². The molecule has 1 fully saturated rings. The molecule has 13 nitrogen and oxygen atoms in total. The Bertz CT molecular complexity index is 2180. The Labute approximate surface area is 311 Å². The monoisotopic (exact) mass is 774 g/mol. The molecule has 1 saturated heterocycles. The molecule has 2 aliphatic rings. The van der Waals surface area contributed by atoms with E-state index < -0.39 is 44.9 Å². The summed E-state index contributed by atoms with van der Waals surface area (Å²) in [6, 6.07) is 8.19. The molecular formula is C37H45F3N6O7S. The van der Waals surface area contributed by atoms with Gasteiger partial charge in [0, 0.05) is 44.1 Å². The van der Waals surface area contributed by atoms with E-state index in [1.807, 2.05) is 13.8 Å². The summed E-state index contributed by atoms with van der Waals surface area (Å²) in [5.74, 6) is -2.79. The van der Waals surface area contributed by atoms with Crippen LogP contribution < -0.4 is 10.1 Å². The van der Waals surface area contributed by atoms with Crippen molar-refractivity contribution in [2.75, 3.05) is 31.7 Å². The van der Waals surface area contributed by atoms with Gasteiger partial charge in [-0.05, 0) is 93.5 Å². The zero-order valence-corrected chi connectivity index (χ0v) is 31.8. The van der Waals surface area contributed by atoms with Crippen molar-refractivity contribution >= 4 is 27.5 Å². The van der Waals surface area contributed by atoms with Crippen LogP contribution in [0, 0.1) is 26.2 Å². The van der Waals surface area contributed by atoms with Crippen molar-refractivity contribution in [3.8, 4) is 5.88 Å². The number of alkyl halides is 3. The van der Waals surface area contributed by atoms with Crippen LogP contribution in [0.1, 0.15) is 85.2 Å². The number of carboxylic acid groups (broad SMARTS) is 1. The maximum atomic E-state index is 14.6. The van der Waals surface area contributed by atoms with Gasteiger partial charge < -0.3 is 25.0 Å². The number of aliphatic hydroxyl groups is 1. The molecule has 5 heterocycles. The van der Waals surface area contributed by atoms with Crippen LogP contribution in [0.25, 0.3) is 5.65 Å². The van der Waals surface area contributed by atoms with E-state index in [0.29, 0.717) is 66.1 Å². The molecule has 1 unspecified atom stereocenters. The number of hydrogen-bond acceptors (Lipinski definition) is 10. The Morgan fingerprint density at radius 1 is 1.07 bits per heavy atom. The van der Waals surface area contributed by atoms with Crippen LogP contribution in [0.2, 0.25) is 0 Å². The maximum absolute atomic E-state index is 14.6. The van der Waals surface area contributed by atoms with Gasteiger partial charge in [0.25, 0.3) is 0 Å². The number of aromatic nitrogens is 4. The smallest absolute Gasteiger partial charge is 0.452 e. The number of sulfonamides is 1. The third-order valence-corrected chi connectivity index (χ3v) is 12.4. The minimum absolute atomic E-state index is 0.00428. The molecule has 0 saturated carbocycles. The molecule has 0 amide bonds. The summed E-state index contributed by atoms with van der Waals surface area (Å²) in [6.07, 6.45) is -2.28. The standard InChI is InChI=1S/C37H45F3N6O7S/c1-21-7-8-25(29(35(5,6)34(48)49)27-9-13-46-31(24(27)4)43-44-33(46)37(38,39)40)18-26(21)19-45-20-36(11-15-52-16-12-36)53-32-28(54(45,50)51)17-22(2)30(42-32)41-23(3)10-14-47/h7-9,13,17-18,23,29,47H,10-12,14-16,19-20H2,1-6H3,(H,41,42)(H,48,49)/t23-,29?/m0/s1. The lowest BCUT2D eigenvalue weighted by atomic mass is 9.70. The van der Waals surface area contributed by atoms with E-state index in [-0.39, 0.29) is 42.2 Å². The second kappa shape index (κ2) is 14.4. The largest absolute Gasteiger partial charge is 0.481 e. The topological polar surface area (TPSA) is 168 Å². The van der Waals surface area contributed by atoms with Crippen LogP contribution >= 0.6 is 0 Å². The van der Waals surface area contributed by atoms with Gasteiger partial charge in [0.15, 0.2) is 5.65 Å². The van der Waals surface area contributed by atoms with Gasteiger partial charge in [-0.3, -0.25) is 9.20 Å². The zero-order chi connectivity index (χ0) is 39.4. The number of halogens is 3. The summed E-state index contributed by atoms with van der Waals surface area (Å²) in [4.78, 5) is 17.4. The summed E-state index contributed by atoms with van der Waals surface area (Å²) >= 11 is 0. The fourth-order valence-corrected chi connectivity index (χ4v) is 8.97. The van der Waals surface area contributed by atoms with E-state index in [4.69, 9.17) is 9.47 Å². The number of fused-ring (bicyclic) bond motifs is 2. The molecule has 292 valence electrons. The third-order valence-electron chi connectivity index (χ3n) is 10.6. The number of rotatable bonds is 10. The summed E-state index contributed by atoms with van der Waals surface area (Å²) in [5.41, 5.74) is 0.748. The first-order valence-electron chi connectivity index (χ1n) is 17.7. The number of benzene rings is 1. The quantitative estimate of drug-likeness (QED) is 0.183. The molecule has 2 aliphatic heterocycles. The predicted octanol–water partition coefficient (Wildman–Crippen LogP) is 5.63. The van der Waals surface area contributed by atoms with E-state index in [1.54, 1.807) is 52.0 Å². The molecule has 6 rings (SSSR count). The minimum Gasteiger partial charge on any atom is -0.481 e. The number of aliphatic carboxylic acids is 1. The fraction of sp³-hybridized carbons (Fsp3) is 0.514. The summed E-state index contributed by atoms with van der Waals surface area (Å²) in [6.45, 7) is 10.7. The first-order valence-corrected chi connectivity index (χ1v) is 19.1. The molecular weight excluding hydrogens is 730 g/mol. The highest BCUT2D eigenvalue weighted by atomic mass is 32.2. The number of nitrogens with zero attached hydrogens (tertiary/aromatic N) is 5. The SMILES string of the molecule is Cc1ccc(C(c2ccn3c(C(F)(F)F)nnc3c2C)C(C)(C)C(=O)O)cc1CN1CC2(CCOCC2)Oc2nc(N[C@@H](C)CCO)c(C)cc2S1(=O)=O. The number of aliphatic hydroxyl groups excluding tert-OH is 1. The lowest BCUT2D eigenvalue weighted by molar-refractivity contribution is -0.147. The van der Waals surface area contributed by atoms with Gasteiger partial charge in [0.05, 0.1) is 25.2 Å². The van der Waals surface area contributed by atoms with Gasteiger partial charge in [0.1, 0.15) is 16.3 Å². The number of ether oxygens (including phenoxy) is 2. The Kier molecular flexibility index (Phi) is 10.5. The molecule has 0 aliphatic carbocycles. The van der Waals surface area contributed by atoms with E-state index >= 15 is 0 Å². The first-order chi connectivity index (χ1) is 25.3. The summed E-state index contributed by atoms with van der Waals surface area (Å²) in [5, 5.41) is 30.3. The van der Waals surface area contributed by atoms with E-state index in [1.165, 1.54) is 16.6 Å². The van der Waals surface area contributed by atoms with Gasteiger partial charge in [-0.25, -0.2) is 8.42 Å². The second-order valence-corrected chi connectivity index (χ2v) is 16.8.